The van der Waals surface area contributed by atoms with Gasteiger partial charge in [-0.25, -0.2) is 4.57 Å². The highest BCUT2D eigenvalue weighted by Gasteiger charge is 2.27. The second kappa shape index (κ2) is 4.52. The van der Waals surface area contributed by atoms with Crippen LogP contribution in [0.15, 0.2) is 0 Å². The maximum absolute atomic E-state index is 10.9. The zero-order chi connectivity index (χ0) is 13.2. The van der Waals surface area contributed by atoms with Gasteiger partial charge in [-0.2, -0.15) is 0 Å². The van der Waals surface area contributed by atoms with Crippen molar-refractivity contribution in [3.8, 4) is 12.0 Å². The van der Waals surface area contributed by atoms with E-state index in [0.29, 0.717) is 0 Å². The SMILES string of the molecule is CC(=O)Oc1nnc(OC(C)=O)n1C(C)(C)C. The summed E-state index contributed by atoms with van der Waals surface area (Å²) in [5.41, 5.74) is -0.487. The summed E-state index contributed by atoms with van der Waals surface area (Å²) in [5, 5.41) is 7.34. The molecule has 0 aliphatic carbocycles. The summed E-state index contributed by atoms with van der Waals surface area (Å²) in [7, 11) is 0. The van der Waals surface area contributed by atoms with E-state index in [4.69, 9.17) is 9.47 Å². The second-order valence-electron chi connectivity index (χ2n) is 4.46. The molecule has 0 unspecified atom stereocenters. The molecule has 0 saturated carbocycles. The van der Waals surface area contributed by atoms with Crippen LogP contribution in [0.5, 0.6) is 12.0 Å². The van der Waals surface area contributed by atoms with E-state index in [0.717, 1.165) is 0 Å². The molecule has 94 valence electrons. The van der Waals surface area contributed by atoms with Crippen molar-refractivity contribution in [1.29, 1.82) is 0 Å². The zero-order valence-corrected chi connectivity index (χ0v) is 10.5. The lowest BCUT2D eigenvalue weighted by Crippen LogP contribution is -2.25. The number of esters is 2. The van der Waals surface area contributed by atoms with Crippen LogP contribution in [0.4, 0.5) is 0 Å². The van der Waals surface area contributed by atoms with Gasteiger partial charge in [0, 0.05) is 19.4 Å². The summed E-state index contributed by atoms with van der Waals surface area (Å²) in [6.45, 7) is 8.05. The fourth-order valence-corrected chi connectivity index (χ4v) is 1.22. The number of hydrogen-bond acceptors (Lipinski definition) is 6. The zero-order valence-electron chi connectivity index (χ0n) is 10.5. The molecule has 0 saturated heterocycles. The summed E-state index contributed by atoms with van der Waals surface area (Å²) in [4.78, 5) is 21.8. The molecule has 0 aliphatic rings. The van der Waals surface area contributed by atoms with Crippen molar-refractivity contribution in [3.63, 3.8) is 0 Å². The van der Waals surface area contributed by atoms with E-state index in [2.05, 4.69) is 10.2 Å². The third kappa shape index (κ3) is 3.27. The van der Waals surface area contributed by atoms with E-state index < -0.39 is 17.5 Å². The van der Waals surface area contributed by atoms with Gasteiger partial charge in [0.15, 0.2) is 0 Å². The lowest BCUT2D eigenvalue weighted by Gasteiger charge is -2.22. The Morgan fingerprint density at radius 3 is 1.59 bits per heavy atom. The van der Waals surface area contributed by atoms with Crippen molar-refractivity contribution in [3.05, 3.63) is 0 Å². The van der Waals surface area contributed by atoms with Crippen LogP contribution in [0, 0.1) is 0 Å². The van der Waals surface area contributed by atoms with Crippen LogP contribution >= 0.6 is 0 Å². The Bertz CT molecular complexity index is 411. The molecular formula is C10H15N3O4. The lowest BCUT2D eigenvalue weighted by molar-refractivity contribution is -0.132. The molecule has 17 heavy (non-hydrogen) atoms. The van der Waals surface area contributed by atoms with Gasteiger partial charge in [0.2, 0.25) is 0 Å². The average Bonchev–Trinajstić information content (AvgIpc) is 2.44. The van der Waals surface area contributed by atoms with Crippen LogP contribution in [-0.2, 0) is 15.1 Å². The van der Waals surface area contributed by atoms with Gasteiger partial charge in [0.05, 0.1) is 0 Å². The summed E-state index contributed by atoms with van der Waals surface area (Å²) < 4.78 is 11.2. The topological polar surface area (TPSA) is 83.3 Å². The molecule has 7 nitrogen and oxygen atoms in total. The maximum atomic E-state index is 10.9. The molecule has 0 spiro atoms. The average molecular weight is 241 g/mol. The Balaban J connectivity index is 3.20. The molecule has 0 N–H and O–H groups in total. The van der Waals surface area contributed by atoms with Gasteiger partial charge in [0.25, 0.3) is 0 Å². The number of carbonyl (C=O) groups is 2. The second-order valence-corrected chi connectivity index (χ2v) is 4.46. The van der Waals surface area contributed by atoms with E-state index in [1.54, 1.807) is 0 Å². The molecule has 1 rings (SSSR count). The number of carbonyl (C=O) groups excluding carboxylic acids is 2. The number of ether oxygens (including phenoxy) is 2. The van der Waals surface area contributed by atoms with Crippen LogP contribution in [-0.4, -0.2) is 26.7 Å². The first-order valence-electron chi connectivity index (χ1n) is 5.04. The van der Waals surface area contributed by atoms with Crippen molar-refractivity contribution >= 4 is 11.9 Å². The third-order valence-electron chi connectivity index (χ3n) is 1.74. The number of hydrogen-bond donors (Lipinski definition) is 0. The molecule has 7 heteroatoms. The predicted octanol–water partition coefficient (Wildman–Crippen LogP) is 0.884. The minimum absolute atomic E-state index is 0.00116. The molecule has 0 bridgehead atoms. The molecule has 1 aromatic rings. The molecule has 1 aromatic heterocycles. The first kappa shape index (κ1) is 13.1. The van der Waals surface area contributed by atoms with Crippen molar-refractivity contribution in [2.75, 3.05) is 0 Å². The van der Waals surface area contributed by atoms with E-state index in [1.807, 2.05) is 20.8 Å². The van der Waals surface area contributed by atoms with Gasteiger partial charge in [-0.15, -0.1) is 0 Å². The van der Waals surface area contributed by atoms with Crippen molar-refractivity contribution in [2.45, 2.75) is 40.2 Å². The maximum Gasteiger partial charge on any atom is 0.328 e. The third-order valence-corrected chi connectivity index (χ3v) is 1.74. The van der Waals surface area contributed by atoms with E-state index >= 15 is 0 Å². The highest BCUT2D eigenvalue weighted by molar-refractivity contribution is 5.69. The smallest absolute Gasteiger partial charge is 0.328 e. The molecule has 0 aliphatic heterocycles. The van der Waals surface area contributed by atoms with Crippen LogP contribution in [0.1, 0.15) is 34.6 Å². The van der Waals surface area contributed by atoms with Gasteiger partial charge >= 0.3 is 24.0 Å². The molecule has 0 aromatic carbocycles. The van der Waals surface area contributed by atoms with E-state index in [1.165, 1.54) is 18.4 Å². The van der Waals surface area contributed by atoms with Gasteiger partial charge in [-0.05, 0) is 20.8 Å². The number of rotatable bonds is 2. The monoisotopic (exact) mass is 241 g/mol. The summed E-state index contributed by atoms with van der Waals surface area (Å²) in [6.07, 6.45) is 0. The molecule has 1 heterocycles. The standard InChI is InChI=1S/C10H15N3O4/c1-6(14)16-8-11-12-9(17-7(2)15)13(8)10(3,4)5/h1-5H3. The Labute approximate surface area is 98.7 Å². The number of nitrogens with zero attached hydrogens (tertiary/aromatic N) is 3. The van der Waals surface area contributed by atoms with Crippen LogP contribution in [0.3, 0.4) is 0 Å². The summed E-state index contributed by atoms with van der Waals surface area (Å²) in [6, 6.07) is 0.00231. The normalized spacial score (nSPS) is 11.1. The minimum Gasteiger partial charge on any atom is -0.391 e. The first-order chi connectivity index (χ1) is 7.71. The van der Waals surface area contributed by atoms with Crippen molar-refractivity contribution < 1.29 is 19.1 Å². The summed E-state index contributed by atoms with van der Waals surface area (Å²) in [5.74, 6) is -1.03. The highest BCUT2D eigenvalue weighted by Crippen LogP contribution is 2.27. The van der Waals surface area contributed by atoms with Crippen molar-refractivity contribution in [2.24, 2.45) is 0 Å². The molecule has 0 fully saturated rings. The first-order valence-corrected chi connectivity index (χ1v) is 5.04. The Morgan fingerprint density at radius 1 is 1.00 bits per heavy atom. The Kier molecular flexibility index (Phi) is 3.50. The van der Waals surface area contributed by atoms with Crippen LogP contribution in [0.25, 0.3) is 0 Å². The van der Waals surface area contributed by atoms with Gasteiger partial charge in [-0.3, -0.25) is 9.59 Å². The Hall–Kier alpha value is -1.92. The summed E-state index contributed by atoms with van der Waals surface area (Å²) >= 11 is 0. The van der Waals surface area contributed by atoms with Crippen LogP contribution < -0.4 is 9.47 Å². The number of aromatic nitrogens is 3. The molecule has 0 radical (unpaired) electrons. The fraction of sp³-hybridized carbons (Fsp3) is 0.600. The van der Waals surface area contributed by atoms with Gasteiger partial charge < -0.3 is 9.47 Å². The fourth-order valence-electron chi connectivity index (χ4n) is 1.22. The Morgan fingerprint density at radius 2 is 1.35 bits per heavy atom. The quantitative estimate of drug-likeness (QED) is 0.715. The lowest BCUT2D eigenvalue weighted by atomic mass is 10.1. The predicted molar refractivity (Wildman–Crippen MR) is 57.6 cm³/mol. The molecule has 0 atom stereocenters. The van der Waals surface area contributed by atoms with E-state index in [9.17, 15) is 9.59 Å². The minimum atomic E-state index is -0.516. The molecule has 0 amide bonds. The highest BCUT2D eigenvalue weighted by atomic mass is 16.6. The van der Waals surface area contributed by atoms with Gasteiger partial charge in [-0.1, -0.05) is 10.2 Å². The van der Waals surface area contributed by atoms with E-state index in [-0.39, 0.29) is 12.0 Å². The largest absolute Gasteiger partial charge is 0.391 e. The molecular weight excluding hydrogens is 226 g/mol. The van der Waals surface area contributed by atoms with Crippen LogP contribution in [0.2, 0.25) is 0 Å². The van der Waals surface area contributed by atoms with Gasteiger partial charge in [0.1, 0.15) is 0 Å². The van der Waals surface area contributed by atoms with Crippen molar-refractivity contribution in [1.82, 2.24) is 14.8 Å².